The molecule has 0 aromatic carbocycles. The maximum atomic E-state index is 5.36. The van der Waals surface area contributed by atoms with Gasteiger partial charge < -0.3 is 4.52 Å². The topological polar surface area (TPSA) is 47.1 Å². The van der Waals surface area contributed by atoms with E-state index in [1.165, 1.54) is 12.8 Å². The van der Waals surface area contributed by atoms with Gasteiger partial charge in [-0.15, -0.1) is 0 Å². The summed E-state index contributed by atoms with van der Waals surface area (Å²) in [5, 5.41) is 8.42. The van der Waals surface area contributed by atoms with Gasteiger partial charge in [0.15, 0.2) is 0 Å². The summed E-state index contributed by atoms with van der Waals surface area (Å²) in [6.07, 6.45) is 6.39. The second-order valence-corrected chi connectivity index (χ2v) is 5.33. The molecule has 1 saturated heterocycles. The quantitative estimate of drug-likeness (QED) is 0.823. The molecule has 0 radical (unpaired) electrons. The van der Waals surface area contributed by atoms with E-state index in [4.69, 9.17) is 4.52 Å². The van der Waals surface area contributed by atoms with Gasteiger partial charge in [0.2, 0.25) is 0 Å². The normalized spacial score (nSPS) is 21.1. The van der Waals surface area contributed by atoms with Crippen molar-refractivity contribution in [2.45, 2.75) is 31.3 Å². The number of likely N-dealkylation sites (tertiary alicyclic amines) is 1. The van der Waals surface area contributed by atoms with Crippen molar-refractivity contribution >= 4 is 0 Å². The van der Waals surface area contributed by atoms with E-state index in [0.717, 1.165) is 31.1 Å². The monoisotopic (exact) mass is 244 g/mol. The van der Waals surface area contributed by atoms with Gasteiger partial charge in [0.25, 0.3) is 0 Å². The standard InChI is InChI=1S/C13H16N4O/c1-4-14-17(5-1)12-8-16(9-12)7-11-6-13(18-15-11)10-2-3-10/h1,4-6,10,12H,2-3,7-9H2. The van der Waals surface area contributed by atoms with Crippen molar-refractivity contribution in [2.75, 3.05) is 13.1 Å². The van der Waals surface area contributed by atoms with E-state index < -0.39 is 0 Å². The zero-order chi connectivity index (χ0) is 11.9. The van der Waals surface area contributed by atoms with E-state index in [1.807, 2.05) is 23.1 Å². The van der Waals surface area contributed by atoms with Crippen LogP contribution in [0.5, 0.6) is 0 Å². The summed E-state index contributed by atoms with van der Waals surface area (Å²) in [5.74, 6) is 1.73. The minimum Gasteiger partial charge on any atom is -0.361 e. The molecule has 0 spiro atoms. The molecular weight excluding hydrogens is 228 g/mol. The third-order valence-electron chi connectivity index (χ3n) is 3.78. The Balaban J connectivity index is 1.33. The molecule has 2 aliphatic rings. The van der Waals surface area contributed by atoms with E-state index in [0.29, 0.717) is 12.0 Å². The van der Waals surface area contributed by atoms with E-state index in [-0.39, 0.29) is 0 Å². The van der Waals surface area contributed by atoms with Gasteiger partial charge in [0.1, 0.15) is 5.76 Å². The van der Waals surface area contributed by atoms with Crippen LogP contribution in [-0.4, -0.2) is 32.9 Å². The first-order valence-corrected chi connectivity index (χ1v) is 6.55. The fraction of sp³-hybridized carbons (Fsp3) is 0.538. The second kappa shape index (κ2) is 3.95. The van der Waals surface area contributed by atoms with Gasteiger partial charge in [-0.2, -0.15) is 5.10 Å². The molecule has 5 heteroatoms. The minimum absolute atomic E-state index is 0.523. The van der Waals surface area contributed by atoms with Crippen molar-refractivity contribution in [3.8, 4) is 0 Å². The average Bonchev–Trinajstić information content (AvgIpc) is 2.87. The molecule has 94 valence electrons. The summed E-state index contributed by atoms with van der Waals surface area (Å²) >= 11 is 0. The molecule has 3 heterocycles. The molecule has 0 N–H and O–H groups in total. The highest BCUT2D eigenvalue weighted by molar-refractivity contribution is 5.14. The Labute approximate surface area is 105 Å². The van der Waals surface area contributed by atoms with Crippen molar-refractivity contribution in [3.05, 3.63) is 36.0 Å². The van der Waals surface area contributed by atoms with Crippen molar-refractivity contribution < 1.29 is 4.52 Å². The third kappa shape index (κ3) is 1.84. The molecule has 4 rings (SSSR count). The highest BCUT2D eigenvalue weighted by atomic mass is 16.5. The van der Waals surface area contributed by atoms with Gasteiger partial charge in [-0.1, -0.05) is 5.16 Å². The summed E-state index contributed by atoms with van der Waals surface area (Å²) < 4.78 is 7.40. The van der Waals surface area contributed by atoms with Gasteiger partial charge in [-0.3, -0.25) is 9.58 Å². The summed E-state index contributed by atoms with van der Waals surface area (Å²) in [6, 6.07) is 4.62. The van der Waals surface area contributed by atoms with E-state index in [9.17, 15) is 0 Å². The van der Waals surface area contributed by atoms with Crippen LogP contribution < -0.4 is 0 Å². The van der Waals surface area contributed by atoms with Crippen LogP contribution in [0.15, 0.2) is 29.0 Å². The fourth-order valence-electron chi connectivity index (χ4n) is 2.53. The molecule has 5 nitrogen and oxygen atoms in total. The Bertz CT molecular complexity index is 523. The maximum absolute atomic E-state index is 5.36. The van der Waals surface area contributed by atoms with E-state index >= 15 is 0 Å². The average molecular weight is 244 g/mol. The van der Waals surface area contributed by atoms with Crippen LogP contribution in [0.3, 0.4) is 0 Å². The molecule has 1 aliphatic heterocycles. The lowest BCUT2D eigenvalue weighted by Gasteiger charge is -2.38. The summed E-state index contributed by atoms with van der Waals surface area (Å²) in [4.78, 5) is 2.38. The van der Waals surface area contributed by atoms with Crippen LogP contribution in [0, 0.1) is 0 Å². The zero-order valence-corrected chi connectivity index (χ0v) is 10.2. The number of aromatic nitrogens is 3. The molecule has 0 unspecified atom stereocenters. The number of hydrogen-bond donors (Lipinski definition) is 0. The largest absolute Gasteiger partial charge is 0.361 e. The minimum atomic E-state index is 0.523. The van der Waals surface area contributed by atoms with Crippen molar-refractivity contribution in [1.82, 2.24) is 19.8 Å². The van der Waals surface area contributed by atoms with Gasteiger partial charge in [0.05, 0.1) is 11.7 Å². The lowest BCUT2D eigenvalue weighted by atomic mass is 10.1. The molecule has 0 atom stereocenters. The first-order valence-electron chi connectivity index (χ1n) is 6.55. The van der Waals surface area contributed by atoms with Crippen molar-refractivity contribution in [2.24, 2.45) is 0 Å². The third-order valence-corrected chi connectivity index (χ3v) is 3.78. The molecule has 0 bridgehead atoms. The zero-order valence-electron chi connectivity index (χ0n) is 10.2. The predicted molar refractivity (Wildman–Crippen MR) is 65.0 cm³/mol. The van der Waals surface area contributed by atoms with Crippen LogP contribution in [0.4, 0.5) is 0 Å². The lowest BCUT2D eigenvalue weighted by molar-refractivity contribution is 0.0883. The highest BCUT2D eigenvalue weighted by Crippen LogP contribution is 2.40. The molecule has 2 aromatic rings. The fourth-order valence-corrected chi connectivity index (χ4v) is 2.53. The number of nitrogens with zero attached hydrogens (tertiary/aromatic N) is 4. The Morgan fingerprint density at radius 1 is 1.33 bits per heavy atom. The van der Waals surface area contributed by atoms with Gasteiger partial charge in [0, 0.05) is 44.0 Å². The Morgan fingerprint density at radius 2 is 2.22 bits per heavy atom. The first kappa shape index (κ1) is 10.3. The molecule has 2 aromatic heterocycles. The molecule has 1 aliphatic carbocycles. The van der Waals surface area contributed by atoms with Crippen LogP contribution in [0.25, 0.3) is 0 Å². The Kier molecular flexibility index (Phi) is 2.26. The van der Waals surface area contributed by atoms with Crippen LogP contribution in [0.1, 0.15) is 36.3 Å². The van der Waals surface area contributed by atoms with Crippen LogP contribution >= 0.6 is 0 Å². The Morgan fingerprint density at radius 3 is 2.94 bits per heavy atom. The second-order valence-electron chi connectivity index (χ2n) is 5.33. The van der Waals surface area contributed by atoms with Gasteiger partial charge in [-0.05, 0) is 18.9 Å². The summed E-state index contributed by atoms with van der Waals surface area (Å²) in [5.41, 5.74) is 1.07. The van der Waals surface area contributed by atoms with Gasteiger partial charge in [-0.25, -0.2) is 0 Å². The number of rotatable bonds is 4. The van der Waals surface area contributed by atoms with E-state index in [2.05, 4.69) is 21.2 Å². The maximum Gasteiger partial charge on any atom is 0.140 e. The summed E-state index contributed by atoms with van der Waals surface area (Å²) in [7, 11) is 0. The predicted octanol–water partition coefficient (Wildman–Crippen LogP) is 1.81. The molecule has 2 fully saturated rings. The molecule has 18 heavy (non-hydrogen) atoms. The van der Waals surface area contributed by atoms with Crippen LogP contribution in [0.2, 0.25) is 0 Å². The first-order chi connectivity index (χ1) is 8.88. The SMILES string of the molecule is c1cnn(C2CN(Cc3cc(C4CC4)on3)C2)c1. The number of hydrogen-bond acceptors (Lipinski definition) is 4. The molecule has 1 saturated carbocycles. The van der Waals surface area contributed by atoms with Crippen LogP contribution in [-0.2, 0) is 6.54 Å². The smallest absolute Gasteiger partial charge is 0.140 e. The molecular formula is C13H16N4O. The van der Waals surface area contributed by atoms with Gasteiger partial charge >= 0.3 is 0 Å². The Hall–Kier alpha value is -1.62. The highest BCUT2D eigenvalue weighted by Gasteiger charge is 2.31. The molecule has 0 amide bonds. The summed E-state index contributed by atoms with van der Waals surface area (Å²) in [6.45, 7) is 2.99. The van der Waals surface area contributed by atoms with Crippen molar-refractivity contribution in [3.63, 3.8) is 0 Å². The van der Waals surface area contributed by atoms with E-state index in [1.54, 1.807) is 0 Å². The lowest BCUT2D eigenvalue weighted by Crippen LogP contribution is -2.47. The van der Waals surface area contributed by atoms with Crippen molar-refractivity contribution in [1.29, 1.82) is 0 Å².